The summed E-state index contributed by atoms with van der Waals surface area (Å²) in [5.74, 6) is 0. The molecule has 100 valence electrons. The summed E-state index contributed by atoms with van der Waals surface area (Å²) in [5.41, 5.74) is 1.41. The second kappa shape index (κ2) is 7.13. The zero-order valence-corrected chi connectivity index (χ0v) is 11.9. The molecule has 0 aliphatic carbocycles. The SMILES string of the molecule is CCCC[C@H](c1ccc(Cl)cc1)N1CCNCC1. The summed E-state index contributed by atoms with van der Waals surface area (Å²) in [6, 6.07) is 8.95. The molecular formula is C15H23ClN2. The number of hydrogen-bond acceptors (Lipinski definition) is 2. The molecule has 0 saturated carbocycles. The van der Waals surface area contributed by atoms with Gasteiger partial charge >= 0.3 is 0 Å². The van der Waals surface area contributed by atoms with Gasteiger partial charge in [0.25, 0.3) is 0 Å². The van der Waals surface area contributed by atoms with Gasteiger partial charge in [-0.3, -0.25) is 4.90 Å². The lowest BCUT2D eigenvalue weighted by Crippen LogP contribution is -2.45. The van der Waals surface area contributed by atoms with Crippen molar-refractivity contribution in [2.45, 2.75) is 32.2 Å². The molecule has 1 aromatic rings. The molecular weight excluding hydrogens is 244 g/mol. The van der Waals surface area contributed by atoms with Gasteiger partial charge in [-0.25, -0.2) is 0 Å². The molecule has 0 amide bonds. The Hall–Kier alpha value is -0.570. The van der Waals surface area contributed by atoms with Gasteiger partial charge in [-0.15, -0.1) is 0 Å². The van der Waals surface area contributed by atoms with Crippen LogP contribution in [0.2, 0.25) is 5.02 Å². The van der Waals surface area contributed by atoms with E-state index < -0.39 is 0 Å². The van der Waals surface area contributed by atoms with E-state index in [-0.39, 0.29) is 0 Å². The Balaban J connectivity index is 2.10. The van der Waals surface area contributed by atoms with Crippen molar-refractivity contribution < 1.29 is 0 Å². The van der Waals surface area contributed by atoms with Gasteiger partial charge in [0, 0.05) is 37.2 Å². The van der Waals surface area contributed by atoms with E-state index in [0.717, 1.165) is 31.2 Å². The lowest BCUT2D eigenvalue weighted by Gasteiger charge is -2.35. The Labute approximate surface area is 115 Å². The highest BCUT2D eigenvalue weighted by Gasteiger charge is 2.21. The van der Waals surface area contributed by atoms with Crippen molar-refractivity contribution in [1.29, 1.82) is 0 Å². The van der Waals surface area contributed by atoms with Crippen LogP contribution in [0.15, 0.2) is 24.3 Å². The number of nitrogens with one attached hydrogen (secondary N) is 1. The van der Waals surface area contributed by atoms with E-state index in [2.05, 4.69) is 29.3 Å². The van der Waals surface area contributed by atoms with Gasteiger partial charge in [-0.1, -0.05) is 43.5 Å². The first kappa shape index (κ1) is 13.9. The molecule has 2 nitrogen and oxygen atoms in total. The summed E-state index contributed by atoms with van der Waals surface area (Å²) in [4.78, 5) is 2.61. The molecule has 0 unspecified atom stereocenters. The minimum Gasteiger partial charge on any atom is -0.314 e. The Morgan fingerprint density at radius 3 is 2.50 bits per heavy atom. The van der Waals surface area contributed by atoms with E-state index in [1.54, 1.807) is 0 Å². The van der Waals surface area contributed by atoms with Crippen LogP contribution in [0.3, 0.4) is 0 Å². The second-order valence-corrected chi connectivity index (χ2v) is 5.43. The Morgan fingerprint density at radius 2 is 1.89 bits per heavy atom. The quantitative estimate of drug-likeness (QED) is 0.878. The van der Waals surface area contributed by atoms with Crippen LogP contribution < -0.4 is 5.32 Å². The zero-order chi connectivity index (χ0) is 12.8. The maximum absolute atomic E-state index is 5.98. The van der Waals surface area contributed by atoms with Gasteiger partial charge in [0.15, 0.2) is 0 Å². The average Bonchev–Trinajstić information content (AvgIpc) is 2.42. The summed E-state index contributed by atoms with van der Waals surface area (Å²) >= 11 is 5.98. The first-order valence-electron chi connectivity index (χ1n) is 7.01. The third kappa shape index (κ3) is 3.71. The van der Waals surface area contributed by atoms with E-state index in [9.17, 15) is 0 Å². The number of benzene rings is 1. The third-order valence-electron chi connectivity index (χ3n) is 3.68. The number of halogens is 1. The molecule has 0 aromatic heterocycles. The highest BCUT2D eigenvalue weighted by molar-refractivity contribution is 6.30. The lowest BCUT2D eigenvalue weighted by atomic mass is 9.99. The minimum absolute atomic E-state index is 0.560. The molecule has 0 bridgehead atoms. The Kier molecular flexibility index (Phi) is 5.48. The van der Waals surface area contributed by atoms with Crippen molar-refractivity contribution in [3.05, 3.63) is 34.9 Å². The van der Waals surface area contributed by atoms with Crippen molar-refractivity contribution in [1.82, 2.24) is 10.2 Å². The van der Waals surface area contributed by atoms with Crippen LogP contribution in [0, 0.1) is 0 Å². The maximum atomic E-state index is 5.98. The first-order valence-corrected chi connectivity index (χ1v) is 7.39. The fourth-order valence-corrected chi connectivity index (χ4v) is 2.76. The summed E-state index contributed by atoms with van der Waals surface area (Å²) < 4.78 is 0. The van der Waals surface area contributed by atoms with E-state index in [0.29, 0.717) is 6.04 Å². The van der Waals surface area contributed by atoms with E-state index in [1.807, 2.05) is 12.1 Å². The fourth-order valence-electron chi connectivity index (χ4n) is 2.64. The van der Waals surface area contributed by atoms with Gasteiger partial charge in [-0.05, 0) is 24.1 Å². The number of hydrogen-bond donors (Lipinski definition) is 1. The molecule has 18 heavy (non-hydrogen) atoms. The van der Waals surface area contributed by atoms with Crippen molar-refractivity contribution >= 4 is 11.6 Å². The van der Waals surface area contributed by atoms with Crippen molar-refractivity contribution in [3.63, 3.8) is 0 Å². The Bertz CT molecular complexity index is 344. The van der Waals surface area contributed by atoms with Gasteiger partial charge in [0.1, 0.15) is 0 Å². The molecule has 0 spiro atoms. The zero-order valence-electron chi connectivity index (χ0n) is 11.2. The summed E-state index contributed by atoms with van der Waals surface area (Å²) in [7, 11) is 0. The monoisotopic (exact) mass is 266 g/mol. The van der Waals surface area contributed by atoms with Crippen LogP contribution in [0.5, 0.6) is 0 Å². The molecule has 1 atom stereocenters. The lowest BCUT2D eigenvalue weighted by molar-refractivity contribution is 0.163. The van der Waals surface area contributed by atoms with Crippen molar-refractivity contribution in [3.8, 4) is 0 Å². The molecule has 1 aliphatic rings. The number of nitrogens with zero attached hydrogens (tertiary/aromatic N) is 1. The molecule has 2 rings (SSSR count). The van der Waals surface area contributed by atoms with Crippen LogP contribution in [0.25, 0.3) is 0 Å². The summed E-state index contributed by atoms with van der Waals surface area (Å²) in [6.07, 6.45) is 3.80. The highest BCUT2D eigenvalue weighted by Crippen LogP contribution is 2.27. The number of unbranched alkanes of at least 4 members (excludes halogenated alkanes) is 1. The van der Waals surface area contributed by atoms with E-state index in [1.165, 1.54) is 24.8 Å². The summed E-state index contributed by atoms with van der Waals surface area (Å²) in [6.45, 7) is 6.77. The average molecular weight is 267 g/mol. The van der Waals surface area contributed by atoms with E-state index >= 15 is 0 Å². The molecule has 1 saturated heterocycles. The fraction of sp³-hybridized carbons (Fsp3) is 0.600. The first-order chi connectivity index (χ1) is 8.81. The topological polar surface area (TPSA) is 15.3 Å². The molecule has 1 heterocycles. The van der Waals surface area contributed by atoms with Gasteiger partial charge in [0.2, 0.25) is 0 Å². The Morgan fingerprint density at radius 1 is 1.22 bits per heavy atom. The predicted molar refractivity (Wildman–Crippen MR) is 78.2 cm³/mol. The van der Waals surface area contributed by atoms with Gasteiger partial charge in [-0.2, -0.15) is 0 Å². The van der Waals surface area contributed by atoms with Crippen LogP contribution in [0.4, 0.5) is 0 Å². The molecule has 0 radical (unpaired) electrons. The van der Waals surface area contributed by atoms with Gasteiger partial charge < -0.3 is 5.32 Å². The molecule has 1 aromatic carbocycles. The van der Waals surface area contributed by atoms with Crippen LogP contribution in [-0.2, 0) is 0 Å². The van der Waals surface area contributed by atoms with Crippen LogP contribution >= 0.6 is 11.6 Å². The maximum Gasteiger partial charge on any atom is 0.0406 e. The standard InChI is InChI=1S/C15H23ClN2/c1-2-3-4-15(18-11-9-17-10-12-18)13-5-7-14(16)8-6-13/h5-8,15,17H,2-4,9-12H2,1H3/t15-/m1/s1. The van der Waals surface area contributed by atoms with Crippen LogP contribution in [-0.4, -0.2) is 31.1 Å². The predicted octanol–water partition coefficient (Wildman–Crippen LogP) is 3.48. The molecule has 1 fully saturated rings. The van der Waals surface area contributed by atoms with Crippen LogP contribution in [0.1, 0.15) is 37.8 Å². The number of rotatable bonds is 5. The minimum atomic E-state index is 0.560. The smallest absolute Gasteiger partial charge is 0.0406 e. The van der Waals surface area contributed by atoms with Crippen molar-refractivity contribution in [2.24, 2.45) is 0 Å². The third-order valence-corrected chi connectivity index (χ3v) is 3.93. The number of piperazine rings is 1. The largest absolute Gasteiger partial charge is 0.314 e. The molecule has 3 heteroatoms. The van der Waals surface area contributed by atoms with Gasteiger partial charge in [0.05, 0.1) is 0 Å². The van der Waals surface area contributed by atoms with Crippen molar-refractivity contribution in [2.75, 3.05) is 26.2 Å². The second-order valence-electron chi connectivity index (χ2n) is 5.00. The normalized spacial score (nSPS) is 18.8. The molecule has 1 aliphatic heterocycles. The summed E-state index contributed by atoms with van der Waals surface area (Å²) in [5, 5.41) is 4.25. The highest BCUT2D eigenvalue weighted by atomic mass is 35.5. The van der Waals surface area contributed by atoms with E-state index in [4.69, 9.17) is 11.6 Å². The molecule has 1 N–H and O–H groups in total.